The number of anilines is 1. The van der Waals surface area contributed by atoms with E-state index in [1.807, 2.05) is 67.6 Å². The van der Waals surface area contributed by atoms with E-state index >= 15 is 0 Å². The second-order valence-corrected chi connectivity index (χ2v) is 6.62. The van der Waals surface area contributed by atoms with Crippen molar-refractivity contribution in [1.29, 1.82) is 0 Å². The molecule has 0 saturated heterocycles. The van der Waals surface area contributed by atoms with Gasteiger partial charge in [-0.1, -0.05) is 28.9 Å². The van der Waals surface area contributed by atoms with Gasteiger partial charge >= 0.3 is 0 Å². The number of carbonyl (C=O) groups excluding carboxylic acids is 1. The molecule has 0 fully saturated rings. The Kier molecular flexibility index (Phi) is 5.07. The highest BCUT2D eigenvalue weighted by Crippen LogP contribution is 2.27. The van der Waals surface area contributed by atoms with Gasteiger partial charge in [0.25, 0.3) is 5.89 Å². The number of nitrogens with zero attached hydrogens (tertiary/aromatic N) is 2. The number of hydrogen-bond acceptors (Lipinski definition) is 5. The number of hydrogen-bond donors (Lipinski definition) is 1. The third kappa shape index (κ3) is 4.50. The molecule has 0 radical (unpaired) electrons. The molecule has 0 aliphatic carbocycles. The lowest BCUT2D eigenvalue weighted by Gasteiger charge is -2.06. The van der Waals surface area contributed by atoms with Crippen molar-refractivity contribution in [3.8, 4) is 34.3 Å². The SMILES string of the molecule is CC(=O)Nc1cccc(-c2nc(-c3ccc(Oc4ccc(C)cc4)cc3)no2)c1. The van der Waals surface area contributed by atoms with E-state index in [4.69, 9.17) is 9.26 Å². The average molecular weight is 385 g/mol. The van der Waals surface area contributed by atoms with Gasteiger partial charge in [0, 0.05) is 23.7 Å². The Balaban J connectivity index is 1.51. The van der Waals surface area contributed by atoms with Gasteiger partial charge in [-0.2, -0.15) is 4.98 Å². The minimum Gasteiger partial charge on any atom is -0.457 e. The van der Waals surface area contributed by atoms with Crippen LogP contribution in [0.15, 0.2) is 77.3 Å². The fourth-order valence-electron chi connectivity index (χ4n) is 2.81. The van der Waals surface area contributed by atoms with Crippen LogP contribution in [-0.2, 0) is 4.79 Å². The molecule has 1 aromatic heterocycles. The van der Waals surface area contributed by atoms with E-state index in [0.29, 0.717) is 17.4 Å². The predicted molar refractivity (Wildman–Crippen MR) is 111 cm³/mol. The number of carbonyl (C=O) groups is 1. The second-order valence-electron chi connectivity index (χ2n) is 6.62. The summed E-state index contributed by atoms with van der Waals surface area (Å²) in [6, 6.07) is 22.6. The maximum absolute atomic E-state index is 11.2. The molecule has 6 nitrogen and oxygen atoms in total. The molecule has 29 heavy (non-hydrogen) atoms. The van der Waals surface area contributed by atoms with Crippen LogP contribution >= 0.6 is 0 Å². The zero-order valence-corrected chi connectivity index (χ0v) is 16.0. The number of benzene rings is 3. The minimum atomic E-state index is -0.138. The van der Waals surface area contributed by atoms with Gasteiger partial charge in [-0.05, 0) is 61.5 Å². The number of nitrogens with one attached hydrogen (secondary N) is 1. The summed E-state index contributed by atoms with van der Waals surface area (Å²) in [6.07, 6.45) is 0. The maximum Gasteiger partial charge on any atom is 0.258 e. The minimum absolute atomic E-state index is 0.138. The van der Waals surface area contributed by atoms with E-state index < -0.39 is 0 Å². The molecular weight excluding hydrogens is 366 g/mol. The molecule has 0 unspecified atom stereocenters. The Bertz CT molecular complexity index is 1130. The predicted octanol–water partition coefficient (Wildman–Crippen LogP) is 5.46. The summed E-state index contributed by atoms with van der Waals surface area (Å²) in [5, 5.41) is 6.80. The fourth-order valence-corrected chi connectivity index (χ4v) is 2.81. The number of amides is 1. The first-order valence-electron chi connectivity index (χ1n) is 9.13. The lowest BCUT2D eigenvalue weighted by Crippen LogP contribution is -2.05. The van der Waals surface area contributed by atoms with Crippen molar-refractivity contribution >= 4 is 11.6 Å². The molecule has 1 amide bonds. The summed E-state index contributed by atoms with van der Waals surface area (Å²) in [7, 11) is 0. The quantitative estimate of drug-likeness (QED) is 0.493. The first-order valence-corrected chi connectivity index (χ1v) is 9.13. The van der Waals surface area contributed by atoms with Crippen LogP contribution in [0.2, 0.25) is 0 Å². The van der Waals surface area contributed by atoms with E-state index in [-0.39, 0.29) is 5.91 Å². The average Bonchev–Trinajstić information content (AvgIpc) is 3.20. The summed E-state index contributed by atoms with van der Waals surface area (Å²) < 4.78 is 11.2. The number of ether oxygens (including phenoxy) is 1. The van der Waals surface area contributed by atoms with E-state index in [9.17, 15) is 4.79 Å². The van der Waals surface area contributed by atoms with Gasteiger partial charge in [0.15, 0.2) is 0 Å². The Labute approximate surface area is 168 Å². The van der Waals surface area contributed by atoms with Gasteiger partial charge in [-0.25, -0.2) is 0 Å². The lowest BCUT2D eigenvalue weighted by molar-refractivity contribution is -0.114. The van der Waals surface area contributed by atoms with Crippen LogP contribution in [0.5, 0.6) is 11.5 Å². The van der Waals surface area contributed by atoms with Gasteiger partial charge in [0.05, 0.1) is 0 Å². The van der Waals surface area contributed by atoms with Crippen LogP contribution in [0.25, 0.3) is 22.8 Å². The van der Waals surface area contributed by atoms with Crippen molar-refractivity contribution in [2.45, 2.75) is 13.8 Å². The van der Waals surface area contributed by atoms with Crippen LogP contribution in [0.1, 0.15) is 12.5 Å². The highest BCUT2D eigenvalue weighted by molar-refractivity contribution is 5.89. The molecule has 4 aromatic rings. The summed E-state index contributed by atoms with van der Waals surface area (Å²) in [6.45, 7) is 3.50. The summed E-state index contributed by atoms with van der Waals surface area (Å²) in [5.41, 5.74) is 3.40. The maximum atomic E-state index is 11.2. The van der Waals surface area contributed by atoms with Crippen LogP contribution < -0.4 is 10.1 Å². The van der Waals surface area contributed by atoms with E-state index in [0.717, 1.165) is 22.6 Å². The molecule has 0 aliphatic rings. The summed E-state index contributed by atoms with van der Waals surface area (Å²) >= 11 is 0. The highest BCUT2D eigenvalue weighted by Gasteiger charge is 2.11. The Hall–Kier alpha value is -3.93. The number of rotatable bonds is 5. The fraction of sp³-hybridized carbons (Fsp3) is 0.0870. The van der Waals surface area contributed by atoms with Gasteiger partial charge < -0.3 is 14.6 Å². The smallest absolute Gasteiger partial charge is 0.258 e. The molecule has 0 spiro atoms. The molecule has 4 rings (SSSR count). The summed E-state index contributed by atoms with van der Waals surface area (Å²) in [5.74, 6) is 2.23. The standard InChI is InChI=1S/C23H19N3O3/c1-15-6-10-20(11-7-15)28-21-12-8-17(9-13-21)22-25-23(29-26-22)18-4-3-5-19(14-18)24-16(2)27/h3-14H,1-2H3,(H,24,27). The third-order valence-electron chi connectivity index (χ3n) is 4.23. The number of aryl methyl sites for hydroxylation is 1. The van der Waals surface area contributed by atoms with Crippen molar-refractivity contribution in [2.75, 3.05) is 5.32 Å². The van der Waals surface area contributed by atoms with Crippen LogP contribution in [0.3, 0.4) is 0 Å². The van der Waals surface area contributed by atoms with E-state index in [1.54, 1.807) is 12.1 Å². The van der Waals surface area contributed by atoms with Crippen molar-refractivity contribution in [2.24, 2.45) is 0 Å². The molecule has 0 atom stereocenters. The first kappa shape index (κ1) is 18.4. The van der Waals surface area contributed by atoms with E-state index in [2.05, 4.69) is 15.5 Å². The van der Waals surface area contributed by atoms with Gasteiger partial charge in [-0.3, -0.25) is 4.79 Å². The van der Waals surface area contributed by atoms with Crippen molar-refractivity contribution in [1.82, 2.24) is 10.1 Å². The topological polar surface area (TPSA) is 77.2 Å². The van der Waals surface area contributed by atoms with Crippen molar-refractivity contribution in [3.63, 3.8) is 0 Å². The Morgan fingerprint density at radius 2 is 1.62 bits per heavy atom. The molecule has 1 N–H and O–H groups in total. The lowest BCUT2D eigenvalue weighted by atomic mass is 10.2. The molecule has 0 aliphatic heterocycles. The zero-order chi connectivity index (χ0) is 20.2. The first-order chi connectivity index (χ1) is 14.1. The van der Waals surface area contributed by atoms with Crippen molar-refractivity contribution in [3.05, 3.63) is 78.4 Å². The van der Waals surface area contributed by atoms with E-state index in [1.165, 1.54) is 12.5 Å². The molecule has 144 valence electrons. The molecular formula is C23H19N3O3. The third-order valence-corrected chi connectivity index (χ3v) is 4.23. The largest absolute Gasteiger partial charge is 0.457 e. The molecule has 0 bridgehead atoms. The summed E-state index contributed by atoms with van der Waals surface area (Å²) in [4.78, 5) is 15.7. The molecule has 3 aromatic carbocycles. The monoisotopic (exact) mass is 385 g/mol. The Morgan fingerprint density at radius 1 is 0.931 bits per heavy atom. The Morgan fingerprint density at radius 3 is 2.31 bits per heavy atom. The van der Waals surface area contributed by atoms with Crippen LogP contribution in [0.4, 0.5) is 5.69 Å². The van der Waals surface area contributed by atoms with Crippen LogP contribution in [0, 0.1) is 6.92 Å². The highest BCUT2D eigenvalue weighted by atomic mass is 16.5. The normalized spacial score (nSPS) is 10.6. The second kappa shape index (κ2) is 7.98. The molecule has 1 heterocycles. The van der Waals surface area contributed by atoms with Gasteiger partial charge in [0.1, 0.15) is 11.5 Å². The van der Waals surface area contributed by atoms with Gasteiger partial charge in [-0.15, -0.1) is 0 Å². The zero-order valence-electron chi connectivity index (χ0n) is 16.0. The molecule has 0 saturated carbocycles. The number of aromatic nitrogens is 2. The molecule has 6 heteroatoms. The van der Waals surface area contributed by atoms with Gasteiger partial charge in [0.2, 0.25) is 11.7 Å². The van der Waals surface area contributed by atoms with Crippen LogP contribution in [-0.4, -0.2) is 16.0 Å². The van der Waals surface area contributed by atoms with Crippen molar-refractivity contribution < 1.29 is 14.1 Å².